The molecular weight excluding hydrogens is 450 g/mol. The van der Waals surface area contributed by atoms with Gasteiger partial charge in [0.2, 0.25) is 0 Å². The van der Waals surface area contributed by atoms with E-state index in [9.17, 15) is 0 Å². The molecule has 0 aliphatic carbocycles. The molecule has 5 aromatic rings. The third-order valence-corrected chi connectivity index (χ3v) is 7.02. The lowest BCUT2D eigenvalue weighted by atomic mass is 10.2. The summed E-state index contributed by atoms with van der Waals surface area (Å²) in [6.45, 7) is 0.696. The highest BCUT2D eigenvalue weighted by atomic mass is 32.2. The SMILES string of the molecule is COc1ccc(-c2nc(CSc3nnc(-c4ccncc4)n3Cc3ccccc3)cs2)cc1. The first-order valence-corrected chi connectivity index (χ1v) is 12.3. The lowest BCUT2D eigenvalue weighted by Crippen LogP contribution is -2.04. The monoisotopic (exact) mass is 471 g/mol. The molecule has 0 N–H and O–H groups in total. The normalized spacial score (nSPS) is 10.9. The van der Waals surface area contributed by atoms with Crippen molar-refractivity contribution in [2.75, 3.05) is 7.11 Å². The Morgan fingerprint density at radius 2 is 1.70 bits per heavy atom. The average Bonchev–Trinajstić information content (AvgIpc) is 3.51. The minimum atomic E-state index is 0.696. The molecule has 0 amide bonds. The third kappa shape index (κ3) is 4.97. The number of methoxy groups -OCH3 is 1. The molecule has 0 saturated carbocycles. The predicted molar refractivity (Wildman–Crippen MR) is 132 cm³/mol. The Kier molecular flexibility index (Phi) is 6.46. The highest BCUT2D eigenvalue weighted by Crippen LogP contribution is 2.30. The van der Waals surface area contributed by atoms with E-state index in [1.54, 1.807) is 42.6 Å². The maximum Gasteiger partial charge on any atom is 0.192 e. The molecule has 2 aromatic carbocycles. The second-order valence-corrected chi connectivity index (χ2v) is 9.08. The maximum absolute atomic E-state index is 5.25. The molecule has 3 aromatic heterocycles. The Bertz CT molecular complexity index is 1320. The minimum Gasteiger partial charge on any atom is -0.497 e. The van der Waals surface area contributed by atoms with E-state index in [1.807, 2.05) is 42.5 Å². The lowest BCUT2D eigenvalue weighted by Gasteiger charge is -2.10. The van der Waals surface area contributed by atoms with Crippen LogP contribution in [0, 0.1) is 0 Å². The number of thiazole rings is 1. The smallest absolute Gasteiger partial charge is 0.192 e. The van der Waals surface area contributed by atoms with Gasteiger partial charge >= 0.3 is 0 Å². The fourth-order valence-corrected chi connectivity index (χ4v) is 5.16. The van der Waals surface area contributed by atoms with Gasteiger partial charge in [-0.25, -0.2) is 4.98 Å². The zero-order valence-corrected chi connectivity index (χ0v) is 19.6. The summed E-state index contributed by atoms with van der Waals surface area (Å²) < 4.78 is 7.41. The number of rotatable bonds is 8. The van der Waals surface area contributed by atoms with Gasteiger partial charge in [0.05, 0.1) is 19.3 Å². The molecule has 0 bridgehead atoms. The van der Waals surface area contributed by atoms with E-state index in [2.05, 4.69) is 49.4 Å². The van der Waals surface area contributed by atoms with Crippen LogP contribution in [0.25, 0.3) is 22.0 Å². The summed E-state index contributed by atoms with van der Waals surface area (Å²) in [4.78, 5) is 8.95. The van der Waals surface area contributed by atoms with Gasteiger partial charge in [-0.2, -0.15) is 0 Å². The first kappa shape index (κ1) is 21.4. The second-order valence-electron chi connectivity index (χ2n) is 7.27. The summed E-state index contributed by atoms with van der Waals surface area (Å²) in [5.41, 5.74) is 4.31. The van der Waals surface area contributed by atoms with Crippen LogP contribution in [0.5, 0.6) is 5.75 Å². The van der Waals surface area contributed by atoms with Crippen molar-refractivity contribution < 1.29 is 4.74 Å². The van der Waals surface area contributed by atoms with Crippen molar-refractivity contribution in [1.82, 2.24) is 24.7 Å². The quantitative estimate of drug-likeness (QED) is 0.266. The fourth-order valence-electron chi connectivity index (χ4n) is 3.40. The molecule has 0 aliphatic heterocycles. The summed E-state index contributed by atoms with van der Waals surface area (Å²) in [5, 5.41) is 13.0. The van der Waals surface area contributed by atoms with Crippen molar-refractivity contribution >= 4 is 23.1 Å². The number of hydrogen-bond acceptors (Lipinski definition) is 7. The molecule has 0 radical (unpaired) electrons. The standard InChI is InChI=1S/C25H21N5OS2/c1-31-22-9-7-20(8-10-22)24-27-21(16-32-24)17-33-25-29-28-23(19-11-13-26-14-12-19)30(25)15-18-5-3-2-4-6-18/h2-14,16H,15,17H2,1H3. The molecule has 6 nitrogen and oxygen atoms in total. The molecular formula is C25H21N5OS2. The Hall–Kier alpha value is -3.49. The number of ether oxygens (including phenoxy) is 1. The highest BCUT2D eigenvalue weighted by molar-refractivity contribution is 7.98. The van der Waals surface area contributed by atoms with Gasteiger partial charge in [0, 0.05) is 34.7 Å². The lowest BCUT2D eigenvalue weighted by molar-refractivity contribution is 0.415. The summed E-state index contributed by atoms with van der Waals surface area (Å²) in [7, 11) is 1.67. The van der Waals surface area contributed by atoms with Gasteiger partial charge in [0.1, 0.15) is 10.8 Å². The predicted octanol–water partition coefficient (Wildman–Crippen LogP) is 5.81. The molecule has 164 valence electrons. The Morgan fingerprint density at radius 3 is 2.45 bits per heavy atom. The molecule has 5 rings (SSSR count). The van der Waals surface area contributed by atoms with Crippen LogP contribution in [-0.4, -0.2) is 31.8 Å². The van der Waals surface area contributed by atoms with Crippen molar-refractivity contribution in [3.63, 3.8) is 0 Å². The number of nitrogens with zero attached hydrogens (tertiary/aromatic N) is 5. The van der Waals surface area contributed by atoms with Gasteiger partial charge in [-0.1, -0.05) is 42.1 Å². The molecule has 33 heavy (non-hydrogen) atoms. The molecule has 0 spiro atoms. The third-order valence-electron chi connectivity index (χ3n) is 5.08. The number of aromatic nitrogens is 5. The summed E-state index contributed by atoms with van der Waals surface area (Å²) in [5.74, 6) is 2.39. The summed E-state index contributed by atoms with van der Waals surface area (Å²) in [6, 6.07) is 22.3. The van der Waals surface area contributed by atoms with Crippen LogP contribution in [0.1, 0.15) is 11.3 Å². The minimum absolute atomic E-state index is 0.696. The van der Waals surface area contributed by atoms with Crippen molar-refractivity contribution in [3.05, 3.63) is 95.8 Å². The van der Waals surface area contributed by atoms with Crippen molar-refractivity contribution in [2.45, 2.75) is 17.5 Å². The number of benzene rings is 2. The molecule has 0 unspecified atom stereocenters. The van der Waals surface area contributed by atoms with Crippen LogP contribution in [-0.2, 0) is 12.3 Å². The van der Waals surface area contributed by atoms with E-state index in [0.29, 0.717) is 6.54 Å². The first-order valence-electron chi connectivity index (χ1n) is 10.4. The largest absolute Gasteiger partial charge is 0.497 e. The van der Waals surface area contributed by atoms with Crippen molar-refractivity contribution in [2.24, 2.45) is 0 Å². The summed E-state index contributed by atoms with van der Waals surface area (Å²) in [6.07, 6.45) is 3.55. The van der Waals surface area contributed by atoms with Gasteiger partial charge in [0.25, 0.3) is 0 Å². The zero-order chi connectivity index (χ0) is 22.5. The van der Waals surface area contributed by atoms with Crippen LogP contribution < -0.4 is 4.74 Å². The maximum atomic E-state index is 5.25. The van der Waals surface area contributed by atoms with Gasteiger partial charge < -0.3 is 4.74 Å². The molecule has 0 aliphatic rings. The van der Waals surface area contributed by atoms with Gasteiger partial charge in [-0.05, 0) is 42.0 Å². The van der Waals surface area contributed by atoms with Crippen LogP contribution in [0.2, 0.25) is 0 Å². The number of hydrogen-bond donors (Lipinski definition) is 0. The van der Waals surface area contributed by atoms with E-state index < -0.39 is 0 Å². The van der Waals surface area contributed by atoms with Crippen LogP contribution >= 0.6 is 23.1 Å². The Labute approximate surface area is 200 Å². The van der Waals surface area contributed by atoms with Crippen molar-refractivity contribution in [3.8, 4) is 27.7 Å². The van der Waals surface area contributed by atoms with E-state index in [4.69, 9.17) is 9.72 Å². The van der Waals surface area contributed by atoms with Gasteiger partial charge in [-0.3, -0.25) is 9.55 Å². The number of pyridine rings is 1. The molecule has 3 heterocycles. The zero-order valence-electron chi connectivity index (χ0n) is 18.0. The van der Waals surface area contributed by atoms with Crippen LogP contribution in [0.4, 0.5) is 0 Å². The molecule has 0 atom stereocenters. The van der Waals surface area contributed by atoms with Gasteiger partial charge in [0.15, 0.2) is 11.0 Å². The summed E-state index contributed by atoms with van der Waals surface area (Å²) >= 11 is 3.29. The van der Waals surface area contributed by atoms with Crippen LogP contribution in [0.3, 0.4) is 0 Å². The Balaban J connectivity index is 1.37. The topological polar surface area (TPSA) is 65.7 Å². The number of thioether (sulfide) groups is 1. The van der Waals surface area contributed by atoms with E-state index in [1.165, 1.54) is 5.56 Å². The molecule has 0 saturated heterocycles. The van der Waals surface area contributed by atoms with Crippen LogP contribution in [0.15, 0.2) is 89.7 Å². The first-order chi connectivity index (χ1) is 16.3. The van der Waals surface area contributed by atoms with E-state index in [0.717, 1.165) is 44.3 Å². The Morgan fingerprint density at radius 1 is 0.909 bits per heavy atom. The van der Waals surface area contributed by atoms with Crippen molar-refractivity contribution in [1.29, 1.82) is 0 Å². The second kappa shape index (κ2) is 9.97. The van der Waals surface area contributed by atoms with E-state index in [-0.39, 0.29) is 0 Å². The van der Waals surface area contributed by atoms with Gasteiger partial charge in [-0.15, -0.1) is 21.5 Å². The fraction of sp³-hybridized carbons (Fsp3) is 0.120. The average molecular weight is 472 g/mol. The molecule has 0 fully saturated rings. The van der Waals surface area contributed by atoms with E-state index >= 15 is 0 Å². The molecule has 8 heteroatoms. The highest BCUT2D eigenvalue weighted by Gasteiger charge is 2.16.